The van der Waals surface area contributed by atoms with Gasteiger partial charge < -0.3 is 4.42 Å². The Bertz CT molecular complexity index is 891. The lowest BCUT2D eigenvalue weighted by Gasteiger charge is -2.18. The zero-order valence-corrected chi connectivity index (χ0v) is 13.8. The van der Waals surface area contributed by atoms with Crippen molar-refractivity contribution >= 4 is 17.3 Å². The summed E-state index contributed by atoms with van der Waals surface area (Å²) in [6.07, 6.45) is 3.37. The molecule has 0 aliphatic carbocycles. The summed E-state index contributed by atoms with van der Waals surface area (Å²) >= 11 is 0. The van der Waals surface area contributed by atoms with Crippen molar-refractivity contribution in [1.82, 2.24) is 15.8 Å². The number of aromatic nitrogens is 1. The van der Waals surface area contributed by atoms with E-state index in [1.54, 1.807) is 17.3 Å². The third-order valence-corrected chi connectivity index (χ3v) is 4.18. The van der Waals surface area contributed by atoms with E-state index in [4.69, 9.17) is 4.42 Å². The Morgan fingerprint density at radius 2 is 1.92 bits per heavy atom. The van der Waals surface area contributed by atoms with E-state index < -0.39 is 6.04 Å². The van der Waals surface area contributed by atoms with Gasteiger partial charge in [0.05, 0.1) is 17.9 Å². The molecule has 0 radical (unpaired) electrons. The number of benzene rings is 1. The highest BCUT2D eigenvalue weighted by atomic mass is 16.3. The van der Waals surface area contributed by atoms with Gasteiger partial charge in [0, 0.05) is 18.0 Å². The minimum atomic E-state index is -0.458. The van der Waals surface area contributed by atoms with Crippen molar-refractivity contribution < 1.29 is 9.21 Å². The first kappa shape index (κ1) is 15.6. The van der Waals surface area contributed by atoms with Crippen molar-refractivity contribution in [2.24, 2.45) is 0 Å². The first-order valence-electron chi connectivity index (χ1n) is 8.10. The molecule has 6 heteroatoms. The van der Waals surface area contributed by atoms with Gasteiger partial charge in [-0.25, -0.2) is 10.9 Å². The minimum absolute atomic E-state index is 0.0319. The number of nitrogens with one attached hydrogen (secondary N) is 2. The van der Waals surface area contributed by atoms with Crippen LogP contribution in [0.4, 0.5) is 11.4 Å². The van der Waals surface area contributed by atoms with Crippen LogP contribution >= 0.6 is 0 Å². The molecule has 0 bridgehead atoms. The molecule has 1 amide bonds. The van der Waals surface area contributed by atoms with Crippen LogP contribution in [0.15, 0.2) is 65.3 Å². The summed E-state index contributed by atoms with van der Waals surface area (Å²) < 4.78 is 5.53. The predicted octanol–water partition coefficient (Wildman–Crippen LogP) is 3.00. The number of hydrogen-bond donors (Lipinski definition) is 2. The Balaban J connectivity index is 1.55. The molecule has 126 valence electrons. The fourth-order valence-electron chi connectivity index (χ4n) is 3.04. The smallest absolute Gasteiger partial charge is 0.254 e. The number of fused-ring (bicyclic) bond motifs is 1. The molecule has 0 spiro atoms. The Labute approximate surface area is 145 Å². The van der Waals surface area contributed by atoms with Crippen LogP contribution in [-0.4, -0.2) is 10.9 Å². The fraction of sp³-hybridized carbons (Fsp3) is 0.158. The second-order valence-corrected chi connectivity index (χ2v) is 5.88. The highest BCUT2D eigenvalue weighted by Gasteiger charge is 2.37. The maximum Gasteiger partial charge on any atom is 0.254 e. The molecule has 2 aromatic heterocycles. The summed E-state index contributed by atoms with van der Waals surface area (Å²) in [6, 6.07) is 14.8. The molecule has 2 N–H and O–H groups in total. The van der Waals surface area contributed by atoms with Crippen molar-refractivity contribution in [1.29, 1.82) is 0 Å². The van der Waals surface area contributed by atoms with E-state index >= 15 is 0 Å². The molecule has 4 rings (SSSR count). The molecule has 1 aromatic carbocycles. The number of hydrazine groups is 1. The van der Waals surface area contributed by atoms with Crippen molar-refractivity contribution in [2.75, 3.05) is 4.90 Å². The van der Waals surface area contributed by atoms with Crippen LogP contribution < -0.4 is 15.8 Å². The van der Waals surface area contributed by atoms with E-state index in [1.165, 1.54) is 0 Å². The number of pyridine rings is 1. The largest absolute Gasteiger partial charge is 0.465 e. The number of anilines is 2. The van der Waals surface area contributed by atoms with Gasteiger partial charge in [-0.2, -0.15) is 0 Å². The molecular weight excluding hydrogens is 316 g/mol. The molecule has 25 heavy (non-hydrogen) atoms. The molecule has 0 fully saturated rings. The van der Waals surface area contributed by atoms with Crippen LogP contribution in [0.5, 0.6) is 0 Å². The Hall–Kier alpha value is -2.96. The lowest BCUT2D eigenvalue weighted by Crippen LogP contribution is -2.40. The zero-order chi connectivity index (χ0) is 17.2. The van der Waals surface area contributed by atoms with Gasteiger partial charge in [-0.3, -0.25) is 14.7 Å². The van der Waals surface area contributed by atoms with Gasteiger partial charge in [-0.15, -0.1) is 0 Å². The van der Waals surface area contributed by atoms with Crippen molar-refractivity contribution in [3.05, 3.63) is 78.0 Å². The van der Waals surface area contributed by atoms with Crippen molar-refractivity contribution in [2.45, 2.75) is 19.5 Å². The third kappa shape index (κ3) is 2.93. The number of rotatable bonds is 5. The standard InChI is InChI=1S/C19H18N4O2/c1-13-6-7-15(25-13)12-21-22-18-16-4-2-3-5-17(16)23(19(18)24)14-8-10-20-11-9-14/h2-11,18,21-22H,12H2,1H3. The van der Waals surface area contributed by atoms with Gasteiger partial charge in [0.25, 0.3) is 5.91 Å². The van der Waals surface area contributed by atoms with E-state index in [2.05, 4.69) is 15.8 Å². The van der Waals surface area contributed by atoms with Crippen LogP contribution in [0.2, 0.25) is 0 Å². The molecule has 1 aliphatic heterocycles. The van der Waals surface area contributed by atoms with E-state index in [0.717, 1.165) is 28.5 Å². The maximum atomic E-state index is 13.0. The molecule has 6 nitrogen and oxygen atoms in total. The highest BCUT2D eigenvalue weighted by Crippen LogP contribution is 2.40. The normalized spacial score (nSPS) is 16.3. The lowest BCUT2D eigenvalue weighted by atomic mass is 10.1. The average Bonchev–Trinajstić information content (AvgIpc) is 3.17. The highest BCUT2D eigenvalue weighted by molar-refractivity contribution is 6.09. The molecule has 1 aliphatic rings. The van der Waals surface area contributed by atoms with Gasteiger partial charge in [0.15, 0.2) is 0 Å². The van der Waals surface area contributed by atoms with Gasteiger partial charge in [0.2, 0.25) is 0 Å². The summed E-state index contributed by atoms with van der Waals surface area (Å²) in [7, 11) is 0. The molecule has 1 atom stereocenters. The first-order valence-corrected chi connectivity index (χ1v) is 8.10. The number of amides is 1. The maximum absolute atomic E-state index is 13.0. The van der Waals surface area contributed by atoms with Gasteiger partial charge in [-0.1, -0.05) is 18.2 Å². The van der Waals surface area contributed by atoms with Crippen LogP contribution in [-0.2, 0) is 11.3 Å². The number of hydrogen-bond acceptors (Lipinski definition) is 5. The van der Waals surface area contributed by atoms with Crippen LogP contribution in [0.1, 0.15) is 23.1 Å². The molecular formula is C19H18N4O2. The molecule has 0 saturated carbocycles. The minimum Gasteiger partial charge on any atom is -0.465 e. The number of furan rings is 1. The predicted molar refractivity (Wildman–Crippen MR) is 94.0 cm³/mol. The Morgan fingerprint density at radius 1 is 1.12 bits per heavy atom. The summed E-state index contributed by atoms with van der Waals surface area (Å²) in [4.78, 5) is 18.7. The van der Waals surface area contributed by atoms with Crippen LogP contribution in [0.3, 0.4) is 0 Å². The van der Waals surface area contributed by atoms with Crippen LogP contribution in [0.25, 0.3) is 0 Å². The Morgan fingerprint density at radius 3 is 2.68 bits per heavy atom. The summed E-state index contributed by atoms with van der Waals surface area (Å²) in [6.45, 7) is 2.40. The van der Waals surface area contributed by atoms with E-state index in [9.17, 15) is 4.79 Å². The molecule has 0 saturated heterocycles. The van der Waals surface area contributed by atoms with Crippen LogP contribution in [0, 0.1) is 6.92 Å². The van der Waals surface area contributed by atoms with Gasteiger partial charge in [0.1, 0.15) is 17.6 Å². The second kappa shape index (κ2) is 6.51. The zero-order valence-electron chi connectivity index (χ0n) is 13.8. The number of aryl methyl sites for hydroxylation is 1. The van der Waals surface area contributed by atoms with Crippen molar-refractivity contribution in [3.8, 4) is 0 Å². The van der Waals surface area contributed by atoms with Gasteiger partial charge >= 0.3 is 0 Å². The first-order chi connectivity index (χ1) is 12.2. The molecule has 3 heterocycles. The summed E-state index contributed by atoms with van der Waals surface area (Å²) in [5, 5.41) is 0. The SMILES string of the molecule is Cc1ccc(CNNC2C(=O)N(c3ccncc3)c3ccccc32)o1. The quantitative estimate of drug-likeness (QED) is 0.702. The Kier molecular flexibility index (Phi) is 4.05. The fourth-order valence-corrected chi connectivity index (χ4v) is 3.04. The number of nitrogens with zero attached hydrogens (tertiary/aromatic N) is 2. The average molecular weight is 334 g/mol. The topological polar surface area (TPSA) is 70.4 Å². The molecule has 1 unspecified atom stereocenters. The van der Waals surface area contributed by atoms with E-state index in [0.29, 0.717) is 6.54 Å². The number of para-hydroxylation sites is 1. The summed E-state index contributed by atoms with van der Waals surface area (Å²) in [5.41, 5.74) is 8.85. The van der Waals surface area contributed by atoms with E-state index in [1.807, 2.05) is 55.5 Å². The van der Waals surface area contributed by atoms with Gasteiger partial charge in [-0.05, 0) is 37.3 Å². The second-order valence-electron chi connectivity index (χ2n) is 5.88. The van der Waals surface area contributed by atoms with Crippen molar-refractivity contribution in [3.63, 3.8) is 0 Å². The lowest BCUT2D eigenvalue weighted by molar-refractivity contribution is -0.119. The number of carbonyl (C=O) groups is 1. The van der Waals surface area contributed by atoms with E-state index in [-0.39, 0.29) is 5.91 Å². The monoisotopic (exact) mass is 334 g/mol. The summed E-state index contributed by atoms with van der Waals surface area (Å²) in [5.74, 6) is 1.65. The molecule has 3 aromatic rings. The third-order valence-electron chi connectivity index (χ3n) is 4.18. The number of carbonyl (C=O) groups excluding carboxylic acids is 1.